The number of rotatable bonds is 3. The van der Waals surface area contributed by atoms with Crippen molar-refractivity contribution in [1.82, 2.24) is 9.97 Å². The van der Waals surface area contributed by atoms with Gasteiger partial charge in [0.15, 0.2) is 0 Å². The van der Waals surface area contributed by atoms with Crippen molar-refractivity contribution in [1.29, 1.82) is 0 Å². The number of halogens is 1. The topological polar surface area (TPSA) is 50.3 Å². The molecule has 0 aliphatic carbocycles. The molecular weight excluding hydrogens is 307 g/mol. The van der Waals surface area contributed by atoms with Gasteiger partial charge >= 0.3 is 0 Å². The first kappa shape index (κ1) is 14.8. The van der Waals surface area contributed by atoms with E-state index in [9.17, 15) is 4.39 Å². The van der Waals surface area contributed by atoms with Gasteiger partial charge < -0.3 is 15.0 Å². The summed E-state index contributed by atoms with van der Waals surface area (Å²) in [6, 6.07) is 12.9. The molecule has 1 aliphatic heterocycles. The maximum Gasteiger partial charge on any atom is 0.148 e. The summed E-state index contributed by atoms with van der Waals surface area (Å²) in [5.41, 5.74) is 2.12. The van der Waals surface area contributed by atoms with Crippen LogP contribution in [0.15, 0.2) is 48.8 Å². The predicted molar refractivity (Wildman–Crippen MR) is 92.3 cm³/mol. The van der Waals surface area contributed by atoms with Crippen molar-refractivity contribution in [2.24, 2.45) is 0 Å². The second kappa shape index (κ2) is 6.41. The monoisotopic (exact) mass is 324 g/mol. The van der Waals surface area contributed by atoms with Gasteiger partial charge in [-0.05, 0) is 30.3 Å². The first-order chi connectivity index (χ1) is 11.8. The zero-order valence-electron chi connectivity index (χ0n) is 13.1. The van der Waals surface area contributed by atoms with Crippen LogP contribution in [0.1, 0.15) is 0 Å². The molecule has 2 aromatic carbocycles. The van der Waals surface area contributed by atoms with Crippen LogP contribution in [0, 0.1) is 5.82 Å². The summed E-state index contributed by atoms with van der Waals surface area (Å²) in [7, 11) is 0. The Morgan fingerprint density at radius 3 is 2.71 bits per heavy atom. The van der Waals surface area contributed by atoms with Gasteiger partial charge in [0.1, 0.15) is 18.0 Å². The van der Waals surface area contributed by atoms with Gasteiger partial charge in [0.25, 0.3) is 0 Å². The van der Waals surface area contributed by atoms with E-state index in [2.05, 4.69) is 15.3 Å². The summed E-state index contributed by atoms with van der Waals surface area (Å²) in [6.07, 6.45) is 1.50. The fourth-order valence-electron chi connectivity index (χ4n) is 2.89. The SMILES string of the molecule is Fc1cc(Nc2ncnc3ccccc23)ccc1N1CCOCC1. The van der Waals surface area contributed by atoms with E-state index < -0.39 is 0 Å². The lowest BCUT2D eigenvalue weighted by molar-refractivity contribution is 0.122. The molecule has 0 unspecified atom stereocenters. The Kier molecular flexibility index (Phi) is 3.96. The molecule has 0 saturated carbocycles. The van der Waals surface area contributed by atoms with Crippen LogP contribution >= 0.6 is 0 Å². The molecule has 6 heteroatoms. The van der Waals surface area contributed by atoms with E-state index in [0.29, 0.717) is 43.5 Å². The normalized spacial score (nSPS) is 14.8. The smallest absolute Gasteiger partial charge is 0.148 e. The van der Waals surface area contributed by atoms with Crippen LogP contribution in [0.4, 0.5) is 21.6 Å². The van der Waals surface area contributed by atoms with Crippen LogP contribution in [-0.2, 0) is 4.74 Å². The number of benzene rings is 2. The number of hydrogen-bond acceptors (Lipinski definition) is 5. The maximum atomic E-state index is 14.5. The Balaban J connectivity index is 1.61. The largest absolute Gasteiger partial charge is 0.378 e. The molecule has 0 radical (unpaired) electrons. The van der Waals surface area contributed by atoms with E-state index >= 15 is 0 Å². The van der Waals surface area contributed by atoms with E-state index in [1.807, 2.05) is 35.2 Å². The minimum Gasteiger partial charge on any atom is -0.378 e. The predicted octanol–water partition coefficient (Wildman–Crippen LogP) is 3.35. The molecule has 2 heterocycles. The second-order valence-electron chi connectivity index (χ2n) is 5.63. The summed E-state index contributed by atoms with van der Waals surface area (Å²) in [6.45, 7) is 2.68. The summed E-state index contributed by atoms with van der Waals surface area (Å²) in [5, 5.41) is 4.08. The minimum atomic E-state index is -0.250. The molecular formula is C18H17FN4O. The number of fused-ring (bicyclic) bond motifs is 1. The van der Waals surface area contributed by atoms with E-state index in [0.717, 1.165) is 10.9 Å². The number of ether oxygens (including phenoxy) is 1. The summed E-state index contributed by atoms with van der Waals surface area (Å²) in [4.78, 5) is 10.5. The van der Waals surface area contributed by atoms with Crippen LogP contribution in [0.25, 0.3) is 10.9 Å². The van der Waals surface area contributed by atoms with Gasteiger partial charge in [0, 0.05) is 24.2 Å². The number of morpholine rings is 1. The number of hydrogen-bond donors (Lipinski definition) is 1. The van der Waals surface area contributed by atoms with Crippen molar-refractivity contribution in [2.45, 2.75) is 0 Å². The Bertz CT molecular complexity index is 859. The van der Waals surface area contributed by atoms with E-state index in [-0.39, 0.29) is 5.82 Å². The Morgan fingerprint density at radius 1 is 1.04 bits per heavy atom. The highest BCUT2D eigenvalue weighted by Crippen LogP contribution is 2.27. The van der Waals surface area contributed by atoms with Crippen LogP contribution < -0.4 is 10.2 Å². The average molecular weight is 324 g/mol. The van der Waals surface area contributed by atoms with E-state index in [1.54, 1.807) is 6.07 Å². The number of nitrogens with one attached hydrogen (secondary N) is 1. The van der Waals surface area contributed by atoms with Crippen LogP contribution in [0.3, 0.4) is 0 Å². The molecule has 0 amide bonds. The third kappa shape index (κ3) is 2.88. The van der Waals surface area contributed by atoms with Gasteiger partial charge in [-0.15, -0.1) is 0 Å². The summed E-state index contributed by atoms with van der Waals surface area (Å²) in [5.74, 6) is 0.416. The fourth-order valence-corrected chi connectivity index (χ4v) is 2.89. The standard InChI is InChI=1S/C18H17FN4O/c19-15-11-13(5-6-17(15)23-7-9-24-10-8-23)22-18-14-3-1-2-4-16(14)20-12-21-18/h1-6,11-12H,7-10H2,(H,20,21,22). The first-order valence-corrected chi connectivity index (χ1v) is 7.90. The van der Waals surface area contributed by atoms with Crippen LogP contribution in [0.2, 0.25) is 0 Å². The molecule has 1 saturated heterocycles. The Hall–Kier alpha value is -2.73. The van der Waals surface area contributed by atoms with Gasteiger partial charge in [0.05, 0.1) is 24.4 Å². The molecule has 4 rings (SSSR count). The van der Waals surface area contributed by atoms with Gasteiger partial charge in [0.2, 0.25) is 0 Å². The molecule has 0 spiro atoms. The molecule has 1 N–H and O–H groups in total. The number of anilines is 3. The van der Waals surface area contributed by atoms with Crippen molar-refractivity contribution >= 4 is 28.1 Å². The lowest BCUT2D eigenvalue weighted by Crippen LogP contribution is -2.36. The number of aromatic nitrogens is 2. The van der Waals surface area contributed by atoms with Crippen LogP contribution in [0.5, 0.6) is 0 Å². The van der Waals surface area contributed by atoms with Crippen molar-refractivity contribution in [2.75, 3.05) is 36.5 Å². The van der Waals surface area contributed by atoms with Crippen molar-refractivity contribution in [3.05, 3.63) is 54.6 Å². The average Bonchev–Trinajstić information content (AvgIpc) is 2.63. The maximum absolute atomic E-state index is 14.5. The van der Waals surface area contributed by atoms with Crippen LogP contribution in [-0.4, -0.2) is 36.3 Å². The third-order valence-electron chi connectivity index (χ3n) is 4.11. The molecule has 3 aromatic rings. The van der Waals surface area contributed by atoms with Crippen molar-refractivity contribution < 1.29 is 9.13 Å². The molecule has 0 bridgehead atoms. The zero-order chi connectivity index (χ0) is 16.4. The molecule has 0 atom stereocenters. The Morgan fingerprint density at radius 2 is 1.88 bits per heavy atom. The van der Waals surface area contributed by atoms with Gasteiger partial charge in [-0.3, -0.25) is 0 Å². The quantitative estimate of drug-likeness (QED) is 0.801. The molecule has 1 aliphatic rings. The highest BCUT2D eigenvalue weighted by Gasteiger charge is 2.15. The highest BCUT2D eigenvalue weighted by atomic mass is 19.1. The molecule has 1 aromatic heterocycles. The summed E-state index contributed by atoms with van der Waals surface area (Å²) < 4.78 is 19.8. The highest BCUT2D eigenvalue weighted by molar-refractivity contribution is 5.90. The fraction of sp³-hybridized carbons (Fsp3) is 0.222. The first-order valence-electron chi connectivity index (χ1n) is 7.90. The van der Waals surface area contributed by atoms with Crippen molar-refractivity contribution in [3.63, 3.8) is 0 Å². The molecule has 122 valence electrons. The lowest BCUT2D eigenvalue weighted by Gasteiger charge is -2.29. The van der Waals surface area contributed by atoms with Gasteiger partial charge in [-0.25, -0.2) is 14.4 Å². The van der Waals surface area contributed by atoms with Crippen molar-refractivity contribution in [3.8, 4) is 0 Å². The molecule has 1 fully saturated rings. The summed E-state index contributed by atoms with van der Waals surface area (Å²) >= 11 is 0. The Labute approximate surface area is 139 Å². The molecule has 24 heavy (non-hydrogen) atoms. The minimum absolute atomic E-state index is 0.250. The third-order valence-corrected chi connectivity index (χ3v) is 4.11. The second-order valence-corrected chi connectivity index (χ2v) is 5.63. The molecule has 5 nitrogen and oxygen atoms in total. The van der Waals surface area contributed by atoms with Gasteiger partial charge in [-0.2, -0.15) is 0 Å². The van der Waals surface area contributed by atoms with E-state index in [1.165, 1.54) is 12.4 Å². The number of para-hydroxylation sites is 1. The van der Waals surface area contributed by atoms with E-state index in [4.69, 9.17) is 4.74 Å². The zero-order valence-corrected chi connectivity index (χ0v) is 13.1. The lowest BCUT2D eigenvalue weighted by atomic mass is 10.2. The van der Waals surface area contributed by atoms with Gasteiger partial charge in [-0.1, -0.05) is 12.1 Å². The number of nitrogens with zero attached hydrogens (tertiary/aromatic N) is 3.